The van der Waals surface area contributed by atoms with Crippen molar-refractivity contribution in [3.05, 3.63) is 35.9 Å². The minimum absolute atomic E-state index is 0. The van der Waals surface area contributed by atoms with E-state index in [0.717, 1.165) is 0 Å². The van der Waals surface area contributed by atoms with Crippen molar-refractivity contribution in [2.45, 2.75) is 6.92 Å². The van der Waals surface area contributed by atoms with Gasteiger partial charge in [-0.25, -0.2) is 0 Å². The molecule has 1 rings (SSSR count). The number of rotatable bonds is 0. The monoisotopic (exact) mass is 301 g/mol. The molecule has 0 aliphatic rings. The van der Waals surface area contributed by atoms with Crippen molar-refractivity contribution in [1.29, 1.82) is 0 Å². The summed E-state index contributed by atoms with van der Waals surface area (Å²) in [6.45, 7) is 2.08. The van der Waals surface area contributed by atoms with Crippen molar-refractivity contribution in [3.63, 3.8) is 0 Å². The SMILES string of the molecule is Cc1ccccc1.[Bi]. The molecule has 1 heteroatoms. The molecule has 0 saturated heterocycles. The second-order valence-corrected chi connectivity index (χ2v) is 1.65. The van der Waals surface area contributed by atoms with Crippen molar-refractivity contribution in [2.75, 3.05) is 0 Å². The Hall–Kier alpha value is 0.103. The summed E-state index contributed by atoms with van der Waals surface area (Å²) in [6, 6.07) is 10.3. The molecule has 1 aromatic carbocycles. The molecular formula is C7H8Bi. The summed E-state index contributed by atoms with van der Waals surface area (Å²) in [4.78, 5) is 0. The van der Waals surface area contributed by atoms with Gasteiger partial charge in [-0.05, 0) is 6.92 Å². The third-order valence-electron chi connectivity index (χ3n) is 0.940. The summed E-state index contributed by atoms with van der Waals surface area (Å²) in [5, 5.41) is 0. The van der Waals surface area contributed by atoms with Gasteiger partial charge < -0.3 is 0 Å². The van der Waals surface area contributed by atoms with Gasteiger partial charge in [0.25, 0.3) is 0 Å². The summed E-state index contributed by atoms with van der Waals surface area (Å²) in [7, 11) is 0. The zero-order chi connectivity index (χ0) is 5.11. The Balaban J connectivity index is 0.000000490. The van der Waals surface area contributed by atoms with Gasteiger partial charge in [0, 0.05) is 26.2 Å². The molecule has 0 aliphatic heterocycles. The van der Waals surface area contributed by atoms with Crippen molar-refractivity contribution in [3.8, 4) is 0 Å². The fourth-order valence-electron chi connectivity index (χ4n) is 0.534. The summed E-state index contributed by atoms with van der Waals surface area (Å²) < 4.78 is 0. The maximum absolute atomic E-state index is 2.08. The van der Waals surface area contributed by atoms with Gasteiger partial charge in [-0.3, -0.25) is 0 Å². The van der Waals surface area contributed by atoms with Crippen LogP contribution in [0.1, 0.15) is 5.56 Å². The molecule has 8 heavy (non-hydrogen) atoms. The Labute approximate surface area is 69.0 Å². The van der Waals surface area contributed by atoms with E-state index >= 15 is 0 Å². The fourth-order valence-corrected chi connectivity index (χ4v) is 0.534. The minimum Gasteiger partial charge on any atom is -0.0622 e. The second-order valence-electron chi connectivity index (χ2n) is 1.65. The minimum atomic E-state index is 0. The summed E-state index contributed by atoms with van der Waals surface area (Å²) in [5.41, 5.74) is 1.32. The Bertz CT molecular complexity index is 134. The van der Waals surface area contributed by atoms with Crippen LogP contribution in [0.15, 0.2) is 30.3 Å². The molecule has 0 bridgehead atoms. The fraction of sp³-hybridized carbons (Fsp3) is 0.143. The zero-order valence-corrected chi connectivity index (χ0v) is 8.31. The van der Waals surface area contributed by atoms with Crippen LogP contribution in [-0.4, -0.2) is 26.2 Å². The van der Waals surface area contributed by atoms with Gasteiger partial charge in [-0.2, -0.15) is 0 Å². The molecule has 1 aromatic rings. The molecular weight excluding hydrogens is 293 g/mol. The van der Waals surface area contributed by atoms with Crippen LogP contribution < -0.4 is 0 Å². The van der Waals surface area contributed by atoms with Gasteiger partial charge in [-0.1, -0.05) is 35.9 Å². The molecule has 3 radical (unpaired) electrons. The number of hydrogen-bond donors (Lipinski definition) is 0. The average molecular weight is 301 g/mol. The van der Waals surface area contributed by atoms with Gasteiger partial charge in [0.2, 0.25) is 0 Å². The zero-order valence-electron chi connectivity index (χ0n) is 4.83. The summed E-state index contributed by atoms with van der Waals surface area (Å²) in [6.07, 6.45) is 0. The largest absolute Gasteiger partial charge is 0.0622 e. The van der Waals surface area contributed by atoms with E-state index in [-0.39, 0.29) is 26.2 Å². The third-order valence-corrected chi connectivity index (χ3v) is 0.940. The van der Waals surface area contributed by atoms with Crippen LogP contribution in [0.3, 0.4) is 0 Å². The van der Waals surface area contributed by atoms with Crippen molar-refractivity contribution >= 4 is 26.2 Å². The molecule has 0 nitrogen and oxygen atoms in total. The van der Waals surface area contributed by atoms with Crippen molar-refractivity contribution in [2.24, 2.45) is 0 Å². The van der Waals surface area contributed by atoms with Crippen LogP contribution in [0.25, 0.3) is 0 Å². The van der Waals surface area contributed by atoms with E-state index in [1.54, 1.807) is 0 Å². The molecule has 0 N–H and O–H groups in total. The first-order valence-corrected chi connectivity index (χ1v) is 2.41. The van der Waals surface area contributed by atoms with Crippen LogP contribution >= 0.6 is 0 Å². The predicted molar refractivity (Wildman–Crippen MR) is 36.9 cm³/mol. The van der Waals surface area contributed by atoms with E-state index < -0.39 is 0 Å². The van der Waals surface area contributed by atoms with Crippen LogP contribution in [0.2, 0.25) is 0 Å². The summed E-state index contributed by atoms with van der Waals surface area (Å²) in [5.74, 6) is 0. The first-order valence-electron chi connectivity index (χ1n) is 2.41. The van der Waals surface area contributed by atoms with Gasteiger partial charge >= 0.3 is 0 Å². The molecule has 41 valence electrons. The molecule has 0 amide bonds. The Morgan fingerprint density at radius 1 is 1.00 bits per heavy atom. The standard InChI is InChI=1S/C7H8.Bi/c1-7-5-3-2-4-6-7;/h2-6H,1H3;. The molecule has 0 spiro atoms. The molecule has 0 aliphatic carbocycles. The maximum atomic E-state index is 2.08. The summed E-state index contributed by atoms with van der Waals surface area (Å²) >= 11 is 0. The molecule has 0 atom stereocenters. The van der Waals surface area contributed by atoms with E-state index in [1.165, 1.54) is 5.56 Å². The smallest absolute Gasteiger partial charge is 0 e. The molecule has 0 unspecified atom stereocenters. The van der Waals surface area contributed by atoms with Crippen LogP contribution in [0.5, 0.6) is 0 Å². The predicted octanol–water partition coefficient (Wildman–Crippen LogP) is 1.61. The van der Waals surface area contributed by atoms with Crippen LogP contribution in [0, 0.1) is 6.92 Å². The van der Waals surface area contributed by atoms with Crippen molar-refractivity contribution < 1.29 is 0 Å². The average Bonchev–Trinajstić information content (AvgIpc) is 1.69. The normalized spacial score (nSPS) is 7.62. The first kappa shape index (κ1) is 8.10. The van der Waals surface area contributed by atoms with E-state index in [0.29, 0.717) is 0 Å². The number of benzene rings is 1. The Kier molecular flexibility index (Phi) is 4.08. The Morgan fingerprint density at radius 2 is 1.50 bits per heavy atom. The van der Waals surface area contributed by atoms with E-state index in [2.05, 4.69) is 19.1 Å². The topological polar surface area (TPSA) is 0 Å². The van der Waals surface area contributed by atoms with E-state index in [1.807, 2.05) is 18.2 Å². The number of aryl methyl sites for hydroxylation is 1. The van der Waals surface area contributed by atoms with Gasteiger partial charge in [0.15, 0.2) is 0 Å². The van der Waals surface area contributed by atoms with Crippen molar-refractivity contribution in [1.82, 2.24) is 0 Å². The molecule has 0 saturated carbocycles. The number of hydrogen-bond acceptors (Lipinski definition) is 0. The van der Waals surface area contributed by atoms with Gasteiger partial charge in [0.1, 0.15) is 0 Å². The Morgan fingerprint density at radius 3 is 1.75 bits per heavy atom. The first-order chi connectivity index (χ1) is 3.39. The third kappa shape index (κ3) is 2.42. The molecule has 0 aromatic heterocycles. The molecule has 0 heterocycles. The van der Waals surface area contributed by atoms with Gasteiger partial charge in [0.05, 0.1) is 0 Å². The van der Waals surface area contributed by atoms with Crippen LogP contribution in [0.4, 0.5) is 0 Å². The maximum Gasteiger partial charge on any atom is 0 e. The van der Waals surface area contributed by atoms with E-state index in [4.69, 9.17) is 0 Å². The van der Waals surface area contributed by atoms with Gasteiger partial charge in [-0.15, -0.1) is 0 Å². The quantitative estimate of drug-likeness (QED) is 0.639. The van der Waals surface area contributed by atoms with E-state index in [9.17, 15) is 0 Å². The molecule has 0 fully saturated rings. The van der Waals surface area contributed by atoms with Crippen LogP contribution in [-0.2, 0) is 0 Å². The second kappa shape index (κ2) is 4.03.